The number of hydrogen-bond acceptors (Lipinski definition) is 4. The molecule has 1 heterocycles. The van der Waals surface area contributed by atoms with Gasteiger partial charge in [-0.05, 0) is 60.8 Å². The Kier molecular flexibility index (Phi) is 7.35. The molecule has 4 nitrogen and oxygen atoms in total. The van der Waals surface area contributed by atoms with Gasteiger partial charge in [-0.25, -0.2) is 8.42 Å². The molecule has 0 amide bonds. The first-order chi connectivity index (χ1) is 12.0. The smallest absolute Gasteiger partial charge is 0.178 e. The van der Waals surface area contributed by atoms with Crippen molar-refractivity contribution in [3.05, 3.63) is 58.1 Å². The monoisotopic (exact) mass is 414 g/mol. The quantitative estimate of drug-likeness (QED) is 0.779. The van der Waals surface area contributed by atoms with E-state index in [-0.39, 0.29) is 18.2 Å². The number of halogens is 2. The summed E-state index contributed by atoms with van der Waals surface area (Å²) in [6, 6.07) is 11.1. The lowest BCUT2D eigenvalue weighted by Crippen LogP contribution is -2.16. The lowest BCUT2D eigenvalue weighted by atomic mass is 10.0. The topological polar surface area (TPSA) is 58.2 Å². The Morgan fingerprint density at radius 3 is 2.46 bits per heavy atom. The van der Waals surface area contributed by atoms with E-state index in [1.54, 1.807) is 19.1 Å². The third-order valence-electron chi connectivity index (χ3n) is 4.61. The summed E-state index contributed by atoms with van der Waals surface area (Å²) in [5.41, 5.74) is 4.63. The lowest BCUT2D eigenvalue weighted by molar-refractivity contribution is 0.597. The first kappa shape index (κ1) is 21.0. The van der Waals surface area contributed by atoms with Crippen molar-refractivity contribution in [3.63, 3.8) is 0 Å². The molecule has 0 spiro atoms. The number of fused-ring (bicyclic) bond motifs is 1. The molecule has 26 heavy (non-hydrogen) atoms. The summed E-state index contributed by atoms with van der Waals surface area (Å²) in [5.74, 6) is 0.115. The zero-order chi connectivity index (χ0) is 17.9. The van der Waals surface area contributed by atoms with Gasteiger partial charge < -0.3 is 10.6 Å². The number of sulfone groups is 1. The van der Waals surface area contributed by atoms with E-state index in [0.29, 0.717) is 11.4 Å². The summed E-state index contributed by atoms with van der Waals surface area (Å²) in [6.07, 6.45) is 1.96. The fraction of sp³-hybridized carbons (Fsp3) is 0.368. The van der Waals surface area contributed by atoms with Crippen molar-refractivity contribution in [1.29, 1.82) is 0 Å². The minimum Gasteiger partial charge on any atom is -0.380 e. The Balaban J connectivity index is 0.00000243. The molecule has 7 heteroatoms. The van der Waals surface area contributed by atoms with Crippen LogP contribution in [0.2, 0.25) is 5.02 Å². The fourth-order valence-electron chi connectivity index (χ4n) is 3.11. The Morgan fingerprint density at radius 2 is 1.77 bits per heavy atom. The molecule has 1 aliphatic rings. The van der Waals surface area contributed by atoms with Crippen LogP contribution < -0.4 is 10.6 Å². The van der Waals surface area contributed by atoms with Crippen molar-refractivity contribution in [2.75, 3.05) is 24.2 Å². The average Bonchev–Trinajstić information content (AvgIpc) is 2.87. The van der Waals surface area contributed by atoms with Gasteiger partial charge in [-0.3, -0.25) is 0 Å². The maximum absolute atomic E-state index is 11.9. The highest BCUT2D eigenvalue weighted by atomic mass is 35.5. The van der Waals surface area contributed by atoms with Gasteiger partial charge in [-0.1, -0.05) is 36.7 Å². The van der Waals surface area contributed by atoms with Crippen LogP contribution in [0.15, 0.2) is 41.3 Å². The van der Waals surface area contributed by atoms with E-state index in [0.717, 1.165) is 42.2 Å². The molecule has 0 bridgehead atoms. The van der Waals surface area contributed by atoms with Crippen LogP contribution in [-0.2, 0) is 29.2 Å². The Hall–Kier alpha value is -1.27. The van der Waals surface area contributed by atoms with Crippen LogP contribution in [-0.4, -0.2) is 27.3 Å². The number of anilines is 1. The van der Waals surface area contributed by atoms with Gasteiger partial charge in [0, 0.05) is 6.54 Å². The highest BCUT2D eigenvalue weighted by Crippen LogP contribution is 2.31. The van der Waals surface area contributed by atoms with Gasteiger partial charge in [-0.15, -0.1) is 12.4 Å². The van der Waals surface area contributed by atoms with Gasteiger partial charge >= 0.3 is 0 Å². The van der Waals surface area contributed by atoms with E-state index in [9.17, 15) is 8.42 Å². The molecule has 142 valence electrons. The van der Waals surface area contributed by atoms with Crippen LogP contribution in [0.5, 0.6) is 0 Å². The van der Waals surface area contributed by atoms with Gasteiger partial charge in [0.05, 0.1) is 21.4 Å². The van der Waals surface area contributed by atoms with Crippen LogP contribution >= 0.6 is 24.0 Å². The lowest BCUT2D eigenvalue weighted by Gasteiger charge is -2.16. The number of nitrogens with one attached hydrogen (secondary N) is 2. The number of rotatable bonds is 5. The fourth-order valence-corrected chi connectivity index (χ4v) is 4.23. The van der Waals surface area contributed by atoms with Gasteiger partial charge in [-0.2, -0.15) is 0 Å². The summed E-state index contributed by atoms with van der Waals surface area (Å²) in [7, 11) is -3.15. The van der Waals surface area contributed by atoms with Crippen LogP contribution in [0, 0.1) is 0 Å². The molecule has 0 fully saturated rings. The predicted octanol–water partition coefficient (Wildman–Crippen LogP) is 3.86. The van der Waals surface area contributed by atoms with Gasteiger partial charge in [0.1, 0.15) is 0 Å². The molecular weight excluding hydrogens is 391 g/mol. The van der Waals surface area contributed by atoms with Crippen molar-refractivity contribution in [2.45, 2.75) is 31.2 Å². The van der Waals surface area contributed by atoms with Crippen molar-refractivity contribution >= 4 is 39.5 Å². The normalized spacial score (nSPS) is 14.1. The number of benzene rings is 2. The molecule has 2 aromatic rings. The molecule has 2 aromatic carbocycles. The molecule has 3 rings (SSSR count). The number of hydrogen-bond donors (Lipinski definition) is 2. The second-order valence-corrected chi connectivity index (χ2v) is 8.90. The Labute approximate surface area is 166 Å². The molecule has 0 saturated heterocycles. The molecule has 0 radical (unpaired) electrons. The SMILES string of the molecule is CCS(=O)(=O)c1ccc(CNc2c(Cl)ccc3c2CCNCC3)cc1.Cl. The largest absolute Gasteiger partial charge is 0.380 e. The summed E-state index contributed by atoms with van der Waals surface area (Å²) in [5, 5.41) is 7.59. The third kappa shape index (κ3) is 4.71. The van der Waals surface area contributed by atoms with E-state index >= 15 is 0 Å². The summed E-state index contributed by atoms with van der Waals surface area (Å²) in [6.45, 7) is 4.20. The van der Waals surface area contributed by atoms with E-state index < -0.39 is 9.84 Å². The molecule has 0 saturated carbocycles. The zero-order valence-corrected chi connectivity index (χ0v) is 17.1. The highest BCUT2D eigenvalue weighted by Gasteiger charge is 2.15. The summed E-state index contributed by atoms with van der Waals surface area (Å²) in [4.78, 5) is 0.372. The standard InChI is InChI=1S/C19H23ClN2O2S.ClH/c1-2-25(23,24)16-6-3-14(4-7-16)13-22-19-17-10-12-21-11-9-15(17)5-8-18(19)20;/h3-8,21-22H,2,9-13H2,1H3;1H. The van der Waals surface area contributed by atoms with Crippen LogP contribution in [0.25, 0.3) is 0 Å². The van der Waals surface area contributed by atoms with E-state index in [1.807, 2.05) is 18.2 Å². The molecular formula is C19H24Cl2N2O2S. The van der Waals surface area contributed by atoms with Gasteiger partial charge in [0.15, 0.2) is 9.84 Å². The van der Waals surface area contributed by atoms with Crippen LogP contribution in [0.1, 0.15) is 23.6 Å². The second-order valence-electron chi connectivity index (χ2n) is 6.21. The summed E-state index contributed by atoms with van der Waals surface area (Å²) < 4.78 is 23.8. The Bertz CT molecular complexity index is 853. The highest BCUT2D eigenvalue weighted by molar-refractivity contribution is 7.91. The minimum absolute atomic E-state index is 0. The van der Waals surface area contributed by atoms with Gasteiger partial charge in [0.2, 0.25) is 0 Å². The van der Waals surface area contributed by atoms with E-state index in [4.69, 9.17) is 11.6 Å². The molecule has 0 aromatic heterocycles. The van der Waals surface area contributed by atoms with Crippen LogP contribution in [0.4, 0.5) is 5.69 Å². The third-order valence-corrected chi connectivity index (χ3v) is 6.68. The van der Waals surface area contributed by atoms with Crippen LogP contribution in [0.3, 0.4) is 0 Å². The molecule has 2 N–H and O–H groups in total. The van der Waals surface area contributed by atoms with Crippen molar-refractivity contribution in [1.82, 2.24) is 5.32 Å². The van der Waals surface area contributed by atoms with E-state index in [2.05, 4.69) is 16.7 Å². The maximum Gasteiger partial charge on any atom is 0.178 e. The maximum atomic E-state index is 11.9. The minimum atomic E-state index is -3.15. The van der Waals surface area contributed by atoms with E-state index in [1.165, 1.54) is 11.1 Å². The molecule has 0 aliphatic carbocycles. The predicted molar refractivity (Wildman–Crippen MR) is 110 cm³/mol. The zero-order valence-electron chi connectivity index (χ0n) is 14.7. The van der Waals surface area contributed by atoms with Crippen molar-refractivity contribution < 1.29 is 8.42 Å². The second kappa shape index (κ2) is 9.09. The Morgan fingerprint density at radius 1 is 1.08 bits per heavy atom. The molecule has 0 unspecified atom stereocenters. The molecule has 1 aliphatic heterocycles. The van der Waals surface area contributed by atoms with Gasteiger partial charge in [0.25, 0.3) is 0 Å². The first-order valence-corrected chi connectivity index (χ1v) is 10.6. The van der Waals surface area contributed by atoms with Crippen molar-refractivity contribution in [3.8, 4) is 0 Å². The first-order valence-electron chi connectivity index (χ1n) is 8.58. The average molecular weight is 415 g/mol. The molecule has 0 atom stereocenters. The van der Waals surface area contributed by atoms with Crippen molar-refractivity contribution in [2.24, 2.45) is 0 Å². The summed E-state index contributed by atoms with van der Waals surface area (Å²) >= 11 is 6.42.